The molecule has 0 aliphatic rings. The van der Waals surface area contributed by atoms with Gasteiger partial charge >= 0.3 is 0 Å². The van der Waals surface area contributed by atoms with Crippen LogP contribution in [0.2, 0.25) is 0 Å². The van der Waals surface area contributed by atoms with Gasteiger partial charge in [-0.25, -0.2) is 0 Å². The number of rotatable bonds is 19. The van der Waals surface area contributed by atoms with Crippen LogP contribution in [0.15, 0.2) is 0 Å². The predicted octanol–water partition coefficient (Wildman–Crippen LogP) is 4.41. The number of hydrogen-bond donors (Lipinski definition) is 0. The molecule has 0 aromatic carbocycles. The molecule has 0 heterocycles. The molecule has 4 heteroatoms. The maximum absolute atomic E-state index is 10.0. The fourth-order valence-corrected chi connectivity index (χ4v) is 2.31. The Morgan fingerprint density at radius 1 is 0.636 bits per heavy atom. The Labute approximate surface area is 136 Å². The van der Waals surface area contributed by atoms with E-state index >= 15 is 0 Å². The Bertz CT molecular complexity index is 209. The van der Waals surface area contributed by atoms with Crippen LogP contribution in [0.5, 0.6) is 0 Å². The highest BCUT2D eigenvalue weighted by Gasteiger charge is 1.94. The Hall–Kier alpha value is -0.450. The van der Waals surface area contributed by atoms with Crippen molar-refractivity contribution in [3.8, 4) is 0 Å². The second-order valence-electron chi connectivity index (χ2n) is 5.71. The van der Waals surface area contributed by atoms with Crippen LogP contribution in [-0.2, 0) is 19.0 Å². The summed E-state index contributed by atoms with van der Waals surface area (Å²) in [4.78, 5) is 10.0. The van der Waals surface area contributed by atoms with Crippen LogP contribution in [0.1, 0.15) is 77.0 Å². The van der Waals surface area contributed by atoms with Gasteiger partial charge in [-0.15, -0.1) is 0 Å². The molecule has 0 unspecified atom stereocenters. The number of unbranched alkanes of at least 4 members (excludes halogenated alkanes) is 11. The van der Waals surface area contributed by atoms with Crippen molar-refractivity contribution in [2.75, 3.05) is 33.7 Å². The van der Waals surface area contributed by atoms with E-state index in [-0.39, 0.29) is 0 Å². The van der Waals surface area contributed by atoms with Crippen molar-refractivity contribution in [2.45, 2.75) is 77.0 Å². The highest BCUT2D eigenvalue weighted by molar-refractivity contribution is 5.50. The lowest BCUT2D eigenvalue weighted by atomic mass is 10.1. The van der Waals surface area contributed by atoms with Gasteiger partial charge in [0.1, 0.15) is 6.79 Å². The van der Waals surface area contributed by atoms with Crippen LogP contribution >= 0.6 is 0 Å². The van der Waals surface area contributed by atoms with Gasteiger partial charge in [-0.3, -0.25) is 4.79 Å². The molecule has 1 radical (unpaired) electrons. The van der Waals surface area contributed by atoms with E-state index in [2.05, 4.69) is 0 Å². The normalized spacial score (nSPS) is 11.0. The van der Waals surface area contributed by atoms with Crippen molar-refractivity contribution in [3.63, 3.8) is 0 Å². The number of ether oxygens (including phenoxy) is 3. The molecular formula is C18H35O4. The van der Waals surface area contributed by atoms with Crippen LogP contribution in [0, 0.1) is 0 Å². The van der Waals surface area contributed by atoms with E-state index in [1.165, 1.54) is 57.8 Å². The minimum atomic E-state index is 0.383. The molecule has 0 aromatic rings. The van der Waals surface area contributed by atoms with Gasteiger partial charge in [-0.05, 0) is 12.8 Å². The summed E-state index contributed by atoms with van der Waals surface area (Å²) >= 11 is 0. The smallest absolute Gasteiger partial charge is 0.198 e. The van der Waals surface area contributed by atoms with Crippen LogP contribution in [0.3, 0.4) is 0 Å². The summed E-state index contributed by atoms with van der Waals surface area (Å²) in [5.41, 5.74) is 0. The summed E-state index contributed by atoms with van der Waals surface area (Å²) in [7, 11) is 1.67. The third kappa shape index (κ3) is 19.6. The zero-order valence-corrected chi connectivity index (χ0v) is 14.4. The van der Waals surface area contributed by atoms with Crippen molar-refractivity contribution in [3.05, 3.63) is 0 Å². The van der Waals surface area contributed by atoms with Crippen molar-refractivity contribution in [1.29, 1.82) is 0 Å². The van der Waals surface area contributed by atoms with E-state index in [1.54, 1.807) is 7.11 Å². The van der Waals surface area contributed by atoms with E-state index in [9.17, 15) is 4.79 Å². The average molecular weight is 315 g/mol. The molecular weight excluding hydrogens is 280 g/mol. The third-order valence-corrected chi connectivity index (χ3v) is 3.67. The Balaban J connectivity index is 2.92. The molecule has 0 amide bonds. The minimum Gasteiger partial charge on any atom is -0.382 e. The predicted molar refractivity (Wildman–Crippen MR) is 89.7 cm³/mol. The summed E-state index contributed by atoms with van der Waals surface area (Å²) in [5.74, 6) is 0. The van der Waals surface area contributed by atoms with Gasteiger partial charge in [-0.1, -0.05) is 57.8 Å². The zero-order chi connectivity index (χ0) is 16.1. The minimum absolute atomic E-state index is 0.383. The summed E-state index contributed by atoms with van der Waals surface area (Å²) in [6, 6.07) is 0. The molecule has 0 spiro atoms. The lowest BCUT2D eigenvalue weighted by Crippen LogP contribution is -2.06. The monoisotopic (exact) mass is 315 g/mol. The van der Waals surface area contributed by atoms with E-state index in [4.69, 9.17) is 14.2 Å². The summed E-state index contributed by atoms with van der Waals surface area (Å²) in [6.45, 7) is 2.41. The van der Waals surface area contributed by atoms with Gasteiger partial charge in [0.15, 0.2) is 6.29 Å². The lowest BCUT2D eigenvalue weighted by Gasteiger charge is -2.05. The number of carbonyl (C=O) groups excluding carboxylic acids is 1. The van der Waals surface area contributed by atoms with Crippen LogP contribution in [0.4, 0.5) is 0 Å². The average Bonchev–Trinajstić information content (AvgIpc) is 2.54. The van der Waals surface area contributed by atoms with Crippen molar-refractivity contribution in [1.82, 2.24) is 0 Å². The summed E-state index contributed by atoms with van der Waals surface area (Å²) in [6.07, 6.45) is 16.4. The molecule has 0 saturated carbocycles. The Morgan fingerprint density at radius 3 is 1.68 bits per heavy atom. The highest BCUT2D eigenvalue weighted by atomic mass is 16.7. The molecule has 0 atom stereocenters. The van der Waals surface area contributed by atoms with E-state index in [1.807, 2.05) is 6.29 Å². The molecule has 0 aliphatic carbocycles. The fraction of sp³-hybridized carbons (Fsp3) is 0.944. The molecule has 4 nitrogen and oxygen atoms in total. The maximum atomic E-state index is 10.0. The first-order valence-corrected chi connectivity index (χ1v) is 8.91. The molecule has 0 bridgehead atoms. The Morgan fingerprint density at radius 2 is 1.14 bits per heavy atom. The molecule has 0 saturated heterocycles. The van der Waals surface area contributed by atoms with Gasteiger partial charge in [0.2, 0.25) is 0 Å². The maximum Gasteiger partial charge on any atom is 0.198 e. The zero-order valence-electron chi connectivity index (χ0n) is 14.4. The number of hydrogen-bond acceptors (Lipinski definition) is 4. The second kappa shape index (κ2) is 20.6. The highest BCUT2D eigenvalue weighted by Crippen LogP contribution is 2.11. The number of methoxy groups -OCH3 is 1. The first-order valence-electron chi connectivity index (χ1n) is 8.91. The van der Waals surface area contributed by atoms with Gasteiger partial charge in [0.05, 0.1) is 13.2 Å². The fourth-order valence-electron chi connectivity index (χ4n) is 2.31. The molecule has 0 aliphatic heterocycles. The van der Waals surface area contributed by atoms with Crippen LogP contribution in [0.25, 0.3) is 0 Å². The molecule has 0 aromatic heterocycles. The second-order valence-corrected chi connectivity index (χ2v) is 5.71. The summed E-state index contributed by atoms with van der Waals surface area (Å²) < 4.78 is 15.5. The van der Waals surface area contributed by atoms with Gasteiger partial charge < -0.3 is 14.2 Å². The topological polar surface area (TPSA) is 44.8 Å². The Kier molecular flexibility index (Phi) is 20.1. The first-order chi connectivity index (χ1) is 10.9. The van der Waals surface area contributed by atoms with Gasteiger partial charge in [0.25, 0.3) is 0 Å². The van der Waals surface area contributed by atoms with Crippen molar-refractivity contribution in [2.24, 2.45) is 0 Å². The van der Waals surface area contributed by atoms with Gasteiger partial charge in [0, 0.05) is 20.1 Å². The molecule has 131 valence electrons. The largest absolute Gasteiger partial charge is 0.382 e. The van der Waals surface area contributed by atoms with Crippen LogP contribution in [-0.4, -0.2) is 40.0 Å². The van der Waals surface area contributed by atoms with Crippen LogP contribution < -0.4 is 0 Å². The lowest BCUT2D eigenvalue weighted by molar-refractivity contribution is -0.0664. The van der Waals surface area contributed by atoms with E-state index < -0.39 is 0 Å². The molecule has 0 fully saturated rings. The summed E-state index contributed by atoms with van der Waals surface area (Å²) in [5, 5.41) is 0. The molecule has 0 N–H and O–H groups in total. The SMILES string of the molecule is COCCOCOCCCCCCCCCCCCC[C]=O. The molecule has 0 rings (SSSR count). The van der Waals surface area contributed by atoms with E-state index in [0.29, 0.717) is 26.4 Å². The van der Waals surface area contributed by atoms with Gasteiger partial charge in [-0.2, -0.15) is 0 Å². The van der Waals surface area contributed by atoms with E-state index in [0.717, 1.165) is 19.4 Å². The van der Waals surface area contributed by atoms with Crippen molar-refractivity contribution < 1.29 is 19.0 Å². The quantitative estimate of drug-likeness (QED) is 0.261. The first kappa shape index (κ1) is 21.6. The van der Waals surface area contributed by atoms with Crippen molar-refractivity contribution >= 4 is 6.29 Å². The third-order valence-electron chi connectivity index (χ3n) is 3.67. The standard InChI is InChI=1S/C18H35O4/c1-20-16-17-22-18-21-15-13-11-9-7-5-3-2-4-6-8-10-12-14-19/h2-13,15-18H2,1H3. The molecule has 22 heavy (non-hydrogen) atoms.